The molecule has 2 atom stereocenters. The maximum Gasteiger partial charge on any atom is 0.247 e. The van der Waals surface area contributed by atoms with Crippen molar-refractivity contribution in [3.63, 3.8) is 0 Å². The Balaban J connectivity index is 0.000000468. The molecule has 0 spiro atoms. The number of carbonyl (C=O) groups excluding carboxylic acids is 2. The number of hydrogen-bond acceptors (Lipinski definition) is 6. The van der Waals surface area contributed by atoms with Gasteiger partial charge in [0.1, 0.15) is 12.3 Å². The van der Waals surface area contributed by atoms with Crippen LogP contribution in [0.1, 0.15) is 50.8 Å². The lowest BCUT2D eigenvalue weighted by atomic mass is 9.87. The number of hydrogen-bond donors (Lipinski definition) is 2. The maximum atomic E-state index is 12.8. The molecule has 7 heteroatoms. The molecule has 33 heavy (non-hydrogen) atoms. The van der Waals surface area contributed by atoms with Crippen LogP contribution in [0.15, 0.2) is 48.8 Å². The van der Waals surface area contributed by atoms with E-state index >= 15 is 0 Å². The fraction of sp³-hybridized carbons (Fsp3) is 0.500. The molecule has 1 amide bonds. The van der Waals surface area contributed by atoms with Crippen molar-refractivity contribution in [2.24, 2.45) is 0 Å². The van der Waals surface area contributed by atoms with Gasteiger partial charge in [-0.1, -0.05) is 39.0 Å². The van der Waals surface area contributed by atoms with E-state index in [4.69, 9.17) is 4.74 Å². The number of amides is 1. The van der Waals surface area contributed by atoms with Crippen LogP contribution in [0.25, 0.3) is 0 Å². The number of aromatic nitrogens is 1. The first kappa shape index (κ1) is 26.5. The number of methoxy groups -OCH3 is 1. The number of anilines is 1. The number of rotatable bonds is 8. The minimum absolute atomic E-state index is 0.0718. The highest BCUT2D eigenvalue weighted by Crippen LogP contribution is 2.29. The van der Waals surface area contributed by atoms with E-state index in [1.165, 1.54) is 5.56 Å². The molecule has 1 aliphatic rings. The first-order valence-electron chi connectivity index (χ1n) is 11.5. The summed E-state index contributed by atoms with van der Waals surface area (Å²) in [6.45, 7) is 8.54. The number of nitrogens with zero attached hydrogens (tertiary/aromatic N) is 2. The van der Waals surface area contributed by atoms with Gasteiger partial charge in [0, 0.05) is 44.3 Å². The third-order valence-electron chi connectivity index (χ3n) is 5.64. The summed E-state index contributed by atoms with van der Waals surface area (Å²) in [6.07, 6.45) is 6.61. The summed E-state index contributed by atoms with van der Waals surface area (Å²) in [6, 6.07) is 11.8. The summed E-state index contributed by atoms with van der Waals surface area (Å²) < 4.78 is 5.03. The molecule has 2 unspecified atom stereocenters. The van der Waals surface area contributed by atoms with Gasteiger partial charge in [-0.3, -0.25) is 9.78 Å². The van der Waals surface area contributed by atoms with Crippen LogP contribution in [0.4, 0.5) is 5.69 Å². The molecule has 3 rings (SSSR count). The Morgan fingerprint density at radius 2 is 2.03 bits per heavy atom. The minimum Gasteiger partial charge on any atom is -0.383 e. The van der Waals surface area contributed by atoms with Crippen LogP contribution >= 0.6 is 0 Å². The van der Waals surface area contributed by atoms with Gasteiger partial charge < -0.3 is 25.1 Å². The summed E-state index contributed by atoms with van der Waals surface area (Å²) >= 11 is 0. The van der Waals surface area contributed by atoms with Gasteiger partial charge in [0.25, 0.3) is 0 Å². The highest BCUT2D eigenvalue weighted by atomic mass is 16.5. The first-order valence-corrected chi connectivity index (χ1v) is 11.5. The van der Waals surface area contributed by atoms with Crippen molar-refractivity contribution in [3.05, 3.63) is 59.9 Å². The molecule has 2 aromatic rings. The van der Waals surface area contributed by atoms with Gasteiger partial charge in [-0.15, -0.1) is 0 Å². The maximum absolute atomic E-state index is 12.8. The van der Waals surface area contributed by atoms with Gasteiger partial charge >= 0.3 is 0 Å². The molecule has 0 bridgehead atoms. The molecule has 2 heterocycles. The van der Waals surface area contributed by atoms with E-state index in [-0.39, 0.29) is 17.4 Å². The molecule has 2 N–H and O–H groups in total. The number of aldehydes is 1. The zero-order valence-corrected chi connectivity index (χ0v) is 20.5. The van der Waals surface area contributed by atoms with Crippen molar-refractivity contribution in [2.45, 2.75) is 51.1 Å². The van der Waals surface area contributed by atoms with Gasteiger partial charge in [-0.05, 0) is 48.6 Å². The predicted molar refractivity (Wildman–Crippen MR) is 132 cm³/mol. The zero-order valence-electron chi connectivity index (χ0n) is 20.5. The summed E-state index contributed by atoms with van der Waals surface area (Å²) in [5, 5.41) is 5.97. The van der Waals surface area contributed by atoms with E-state index in [0.717, 1.165) is 36.9 Å². The molecule has 1 aromatic carbocycles. The number of nitrogens with one attached hydrogen (secondary N) is 2. The third-order valence-corrected chi connectivity index (χ3v) is 5.64. The second kappa shape index (κ2) is 13.1. The van der Waals surface area contributed by atoms with Gasteiger partial charge in [0.05, 0.1) is 12.6 Å². The highest BCUT2D eigenvalue weighted by Gasteiger charge is 2.26. The molecule has 1 aromatic heterocycles. The zero-order chi connectivity index (χ0) is 24.3. The quantitative estimate of drug-likeness (QED) is 0.471. The molecular weight excluding hydrogens is 416 g/mol. The Morgan fingerprint density at radius 1 is 1.30 bits per heavy atom. The van der Waals surface area contributed by atoms with Crippen LogP contribution in [-0.4, -0.2) is 57.1 Å². The van der Waals surface area contributed by atoms with Crippen molar-refractivity contribution in [2.75, 3.05) is 38.8 Å². The van der Waals surface area contributed by atoms with Crippen LogP contribution in [-0.2, 0) is 19.7 Å². The topological polar surface area (TPSA) is 83.6 Å². The predicted octanol–water partition coefficient (Wildman–Crippen LogP) is 3.26. The van der Waals surface area contributed by atoms with Crippen molar-refractivity contribution in [1.82, 2.24) is 15.6 Å². The standard InChI is InChI=1S/C21H29N3O2.C5H9NO/c1-21(2,3)17-8-10-18(11-9-17)24(4)19(16-7-6-12-22-15-16)20(25)23-13-14-26-5;7-4-5-2-1-3-6-5/h6-12,15,19H,13-14H2,1-5H3,(H,23,25);4-6H,1-3H2. The largest absolute Gasteiger partial charge is 0.383 e. The Bertz CT molecular complexity index is 844. The Morgan fingerprint density at radius 3 is 2.52 bits per heavy atom. The van der Waals surface area contributed by atoms with Crippen molar-refractivity contribution >= 4 is 17.9 Å². The number of benzene rings is 1. The van der Waals surface area contributed by atoms with E-state index < -0.39 is 6.04 Å². The summed E-state index contributed by atoms with van der Waals surface area (Å²) in [5.74, 6) is -0.0718. The Labute approximate surface area is 197 Å². The SMILES string of the molecule is COCCNC(=O)C(c1cccnc1)N(C)c1ccc(C(C)(C)C)cc1.O=CC1CCCN1. The number of pyridine rings is 1. The monoisotopic (exact) mass is 454 g/mol. The lowest BCUT2D eigenvalue weighted by molar-refractivity contribution is -0.122. The molecule has 1 fully saturated rings. The molecular formula is C26H38N4O3. The van der Waals surface area contributed by atoms with E-state index in [1.54, 1.807) is 19.5 Å². The average molecular weight is 455 g/mol. The van der Waals surface area contributed by atoms with Crippen LogP contribution in [0.5, 0.6) is 0 Å². The van der Waals surface area contributed by atoms with Crippen LogP contribution in [0.3, 0.4) is 0 Å². The Hall–Kier alpha value is -2.77. The summed E-state index contributed by atoms with van der Waals surface area (Å²) in [7, 11) is 3.55. The van der Waals surface area contributed by atoms with Crippen molar-refractivity contribution in [3.8, 4) is 0 Å². The van der Waals surface area contributed by atoms with Gasteiger partial charge in [0.2, 0.25) is 5.91 Å². The smallest absolute Gasteiger partial charge is 0.247 e. The normalized spacial score (nSPS) is 16.3. The molecule has 1 aliphatic heterocycles. The molecule has 180 valence electrons. The first-order chi connectivity index (χ1) is 15.8. The van der Waals surface area contributed by atoms with E-state index in [1.807, 2.05) is 24.1 Å². The number of ether oxygens (including phenoxy) is 1. The minimum atomic E-state index is -0.457. The molecule has 0 aliphatic carbocycles. The Kier molecular flexibility index (Phi) is 10.5. The van der Waals surface area contributed by atoms with Crippen LogP contribution in [0.2, 0.25) is 0 Å². The highest BCUT2D eigenvalue weighted by molar-refractivity contribution is 5.86. The second-order valence-electron chi connectivity index (χ2n) is 9.22. The van der Waals surface area contributed by atoms with Crippen molar-refractivity contribution < 1.29 is 14.3 Å². The summed E-state index contributed by atoms with van der Waals surface area (Å²) in [5.41, 5.74) is 3.19. The third kappa shape index (κ3) is 8.26. The second-order valence-corrected chi connectivity index (χ2v) is 9.22. The van der Waals surface area contributed by atoms with E-state index in [9.17, 15) is 9.59 Å². The van der Waals surface area contributed by atoms with E-state index in [2.05, 4.69) is 60.7 Å². The fourth-order valence-corrected chi connectivity index (χ4v) is 3.63. The molecule has 1 saturated heterocycles. The molecule has 0 radical (unpaired) electrons. The van der Waals surface area contributed by atoms with Gasteiger partial charge in [0.15, 0.2) is 0 Å². The fourth-order valence-electron chi connectivity index (χ4n) is 3.63. The van der Waals surface area contributed by atoms with Crippen LogP contribution < -0.4 is 15.5 Å². The lowest BCUT2D eigenvalue weighted by Gasteiger charge is -2.30. The average Bonchev–Trinajstić information content (AvgIpc) is 3.34. The van der Waals surface area contributed by atoms with Crippen LogP contribution in [0, 0.1) is 0 Å². The molecule has 0 saturated carbocycles. The summed E-state index contributed by atoms with van der Waals surface area (Å²) in [4.78, 5) is 28.9. The lowest BCUT2D eigenvalue weighted by Crippen LogP contribution is -2.40. The van der Waals surface area contributed by atoms with E-state index in [0.29, 0.717) is 13.2 Å². The molecule has 7 nitrogen and oxygen atoms in total. The number of likely N-dealkylation sites (N-methyl/N-ethyl adjacent to an activating group) is 1. The van der Waals surface area contributed by atoms with Gasteiger partial charge in [-0.25, -0.2) is 0 Å². The number of carbonyl (C=O) groups is 2. The van der Waals surface area contributed by atoms with Crippen molar-refractivity contribution in [1.29, 1.82) is 0 Å². The van der Waals surface area contributed by atoms with Gasteiger partial charge in [-0.2, -0.15) is 0 Å².